The van der Waals surface area contributed by atoms with E-state index in [2.05, 4.69) is 34.3 Å². The number of guanidine groups is 1. The molecule has 3 N–H and O–H groups in total. The van der Waals surface area contributed by atoms with Gasteiger partial charge in [0.1, 0.15) is 5.75 Å². The maximum atomic E-state index is 6.17. The zero-order chi connectivity index (χ0) is 14.2. The molecule has 1 fully saturated rings. The molecule has 2 atom stereocenters. The van der Waals surface area contributed by atoms with E-state index < -0.39 is 0 Å². The topological polar surface area (TPSA) is 62.9 Å². The van der Waals surface area contributed by atoms with Crippen LogP contribution in [0.4, 0.5) is 5.69 Å². The summed E-state index contributed by atoms with van der Waals surface area (Å²) >= 11 is 0. The van der Waals surface area contributed by atoms with Gasteiger partial charge in [-0.15, -0.1) is 0 Å². The van der Waals surface area contributed by atoms with Crippen molar-refractivity contribution < 1.29 is 4.74 Å². The summed E-state index contributed by atoms with van der Waals surface area (Å²) in [4.78, 5) is 6.75. The Hall–Kier alpha value is -1.75. The van der Waals surface area contributed by atoms with Crippen LogP contribution < -0.4 is 20.7 Å². The third kappa shape index (κ3) is 1.93. The minimum absolute atomic E-state index is 0.0178. The molecule has 1 aromatic rings. The standard InChI is InChI=1S/C15H22N4O/c1-11-9-17-8-7-15(11)10-18-14(16)19(15)12-3-5-13(20-2)6-4-12/h3-6,11,17H,7-10H2,1-2H3,(H2,16,18). The van der Waals surface area contributed by atoms with Crippen molar-refractivity contribution in [1.82, 2.24) is 5.32 Å². The second-order valence-corrected chi connectivity index (χ2v) is 5.67. The number of rotatable bonds is 2. The van der Waals surface area contributed by atoms with Gasteiger partial charge in [-0.2, -0.15) is 0 Å². The molecule has 20 heavy (non-hydrogen) atoms. The number of piperidine rings is 1. The van der Waals surface area contributed by atoms with Crippen LogP contribution in [0, 0.1) is 5.92 Å². The fourth-order valence-electron chi connectivity index (χ4n) is 3.34. The molecule has 5 nitrogen and oxygen atoms in total. The van der Waals surface area contributed by atoms with Crippen LogP contribution in [0.15, 0.2) is 29.3 Å². The van der Waals surface area contributed by atoms with Gasteiger partial charge in [-0.05, 0) is 43.1 Å². The van der Waals surface area contributed by atoms with E-state index in [1.54, 1.807) is 7.11 Å². The molecular weight excluding hydrogens is 252 g/mol. The molecule has 2 aliphatic heterocycles. The first-order chi connectivity index (χ1) is 9.67. The monoisotopic (exact) mass is 274 g/mol. The van der Waals surface area contributed by atoms with Crippen molar-refractivity contribution in [2.75, 3.05) is 31.6 Å². The minimum atomic E-state index is 0.0178. The van der Waals surface area contributed by atoms with Gasteiger partial charge in [0.15, 0.2) is 5.96 Å². The van der Waals surface area contributed by atoms with Crippen LogP contribution in [-0.2, 0) is 0 Å². The van der Waals surface area contributed by atoms with Gasteiger partial charge in [-0.1, -0.05) is 6.92 Å². The van der Waals surface area contributed by atoms with Gasteiger partial charge < -0.3 is 20.7 Å². The molecule has 2 unspecified atom stereocenters. The van der Waals surface area contributed by atoms with Crippen molar-refractivity contribution >= 4 is 11.6 Å². The summed E-state index contributed by atoms with van der Waals surface area (Å²) in [5, 5.41) is 3.45. The summed E-state index contributed by atoms with van der Waals surface area (Å²) in [7, 11) is 1.68. The maximum Gasteiger partial charge on any atom is 0.196 e. The lowest BCUT2D eigenvalue weighted by atomic mass is 9.78. The second kappa shape index (κ2) is 4.98. The number of hydrogen-bond donors (Lipinski definition) is 2. The lowest BCUT2D eigenvalue weighted by Gasteiger charge is -2.46. The van der Waals surface area contributed by atoms with E-state index in [0.29, 0.717) is 11.9 Å². The molecule has 1 aromatic carbocycles. The van der Waals surface area contributed by atoms with Gasteiger partial charge in [0, 0.05) is 12.2 Å². The molecular formula is C15H22N4O. The van der Waals surface area contributed by atoms with E-state index >= 15 is 0 Å². The quantitative estimate of drug-likeness (QED) is 0.850. The Labute approximate surface area is 119 Å². The van der Waals surface area contributed by atoms with Crippen LogP contribution >= 0.6 is 0 Å². The number of methoxy groups -OCH3 is 1. The number of hydrogen-bond acceptors (Lipinski definition) is 5. The van der Waals surface area contributed by atoms with Gasteiger partial charge in [-0.3, -0.25) is 4.99 Å². The average Bonchev–Trinajstić information content (AvgIpc) is 2.80. The highest BCUT2D eigenvalue weighted by Gasteiger charge is 2.48. The predicted octanol–water partition coefficient (Wildman–Crippen LogP) is 1.20. The van der Waals surface area contributed by atoms with E-state index in [1.165, 1.54) is 0 Å². The second-order valence-electron chi connectivity index (χ2n) is 5.67. The van der Waals surface area contributed by atoms with E-state index in [-0.39, 0.29) is 5.54 Å². The van der Waals surface area contributed by atoms with Crippen molar-refractivity contribution in [1.29, 1.82) is 0 Å². The van der Waals surface area contributed by atoms with Crippen LogP contribution in [0.2, 0.25) is 0 Å². The Morgan fingerprint density at radius 3 is 2.80 bits per heavy atom. The van der Waals surface area contributed by atoms with Gasteiger partial charge in [0.25, 0.3) is 0 Å². The molecule has 3 rings (SSSR count). The molecule has 2 aliphatic rings. The summed E-state index contributed by atoms with van der Waals surface area (Å²) < 4.78 is 5.23. The van der Waals surface area contributed by atoms with E-state index in [4.69, 9.17) is 10.5 Å². The average molecular weight is 274 g/mol. The fourth-order valence-corrected chi connectivity index (χ4v) is 3.34. The van der Waals surface area contributed by atoms with Gasteiger partial charge in [-0.25, -0.2) is 0 Å². The first-order valence-electron chi connectivity index (χ1n) is 7.12. The summed E-state index contributed by atoms with van der Waals surface area (Å²) in [5.74, 6) is 1.99. The highest BCUT2D eigenvalue weighted by atomic mass is 16.5. The number of aliphatic imine (C=N–C) groups is 1. The van der Waals surface area contributed by atoms with E-state index in [1.807, 2.05) is 12.1 Å². The number of ether oxygens (including phenoxy) is 1. The molecule has 0 amide bonds. The molecule has 1 saturated heterocycles. The largest absolute Gasteiger partial charge is 0.497 e. The van der Waals surface area contributed by atoms with Crippen LogP contribution in [0.1, 0.15) is 13.3 Å². The summed E-state index contributed by atoms with van der Waals surface area (Å²) in [6.07, 6.45) is 1.06. The van der Waals surface area contributed by atoms with E-state index in [0.717, 1.165) is 37.5 Å². The number of anilines is 1. The SMILES string of the molecule is COc1ccc(N2C(N)=NCC23CCNCC3C)cc1. The van der Waals surface area contributed by atoms with Crippen molar-refractivity contribution in [3.05, 3.63) is 24.3 Å². The molecule has 0 bridgehead atoms. The normalized spacial score (nSPS) is 29.6. The zero-order valence-corrected chi connectivity index (χ0v) is 12.1. The lowest BCUT2D eigenvalue weighted by molar-refractivity contribution is 0.240. The smallest absolute Gasteiger partial charge is 0.196 e. The molecule has 1 spiro atoms. The van der Waals surface area contributed by atoms with Gasteiger partial charge in [0.2, 0.25) is 0 Å². The van der Waals surface area contributed by atoms with Crippen LogP contribution in [0.25, 0.3) is 0 Å². The Balaban J connectivity index is 1.96. The predicted molar refractivity (Wildman–Crippen MR) is 81.3 cm³/mol. The van der Waals surface area contributed by atoms with Crippen molar-refractivity contribution in [2.45, 2.75) is 18.9 Å². The summed E-state index contributed by atoms with van der Waals surface area (Å²) in [5.41, 5.74) is 7.29. The Morgan fingerprint density at radius 2 is 2.15 bits per heavy atom. The lowest BCUT2D eigenvalue weighted by Crippen LogP contribution is -2.61. The number of benzene rings is 1. The van der Waals surface area contributed by atoms with Gasteiger partial charge >= 0.3 is 0 Å². The van der Waals surface area contributed by atoms with Crippen LogP contribution in [0.5, 0.6) is 5.75 Å². The zero-order valence-electron chi connectivity index (χ0n) is 12.1. The number of nitrogens with two attached hydrogens (primary N) is 1. The fraction of sp³-hybridized carbons (Fsp3) is 0.533. The Kier molecular flexibility index (Phi) is 3.30. The maximum absolute atomic E-state index is 6.17. The number of nitrogens with zero attached hydrogens (tertiary/aromatic N) is 2. The summed E-state index contributed by atoms with van der Waals surface area (Å²) in [6.45, 7) is 5.08. The molecule has 2 heterocycles. The third-order valence-electron chi connectivity index (χ3n) is 4.62. The highest BCUT2D eigenvalue weighted by Crippen LogP contribution is 2.38. The van der Waals surface area contributed by atoms with Crippen molar-refractivity contribution in [3.63, 3.8) is 0 Å². The van der Waals surface area contributed by atoms with Crippen molar-refractivity contribution in [2.24, 2.45) is 16.6 Å². The van der Waals surface area contributed by atoms with Crippen molar-refractivity contribution in [3.8, 4) is 5.75 Å². The number of nitrogens with one attached hydrogen (secondary N) is 1. The Bertz CT molecular complexity index is 513. The highest BCUT2D eigenvalue weighted by molar-refractivity contribution is 5.98. The molecule has 108 valence electrons. The first kappa shape index (κ1) is 13.2. The summed E-state index contributed by atoms with van der Waals surface area (Å²) in [6, 6.07) is 8.06. The van der Waals surface area contributed by atoms with E-state index in [9.17, 15) is 0 Å². The Morgan fingerprint density at radius 1 is 1.40 bits per heavy atom. The molecule has 0 saturated carbocycles. The molecule has 0 radical (unpaired) electrons. The molecule has 0 aliphatic carbocycles. The van der Waals surface area contributed by atoms with Gasteiger partial charge in [0.05, 0.1) is 19.2 Å². The van der Waals surface area contributed by atoms with Crippen LogP contribution in [0.3, 0.4) is 0 Å². The third-order valence-corrected chi connectivity index (χ3v) is 4.62. The molecule has 5 heteroatoms. The minimum Gasteiger partial charge on any atom is -0.497 e. The molecule has 0 aromatic heterocycles. The van der Waals surface area contributed by atoms with Crippen LogP contribution in [-0.4, -0.2) is 38.2 Å². The first-order valence-corrected chi connectivity index (χ1v) is 7.12.